The monoisotopic (exact) mass is 419 g/mol. The normalized spacial score (nSPS) is 28.0. The molecule has 6 nitrogen and oxygen atoms in total. The fourth-order valence-electron chi connectivity index (χ4n) is 4.26. The third kappa shape index (κ3) is 5.41. The first-order valence-corrected chi connectivity index (χ1v) is 11.4. The predicted molar refractivity (Wildman–Crippen MR) is 115 cm³/mol. The van der Waals surface area contributed by atoms with Gasteiger partial charge in [0.2, 0.25) is 0 Å². The molecule has 3 atom stereocenters. The molecular formula is C24H37NO5. The van der Waals surface area contributed by atoms with Gasteiger partial charge in [-0.15, -0.1) is 0 Å². The van der Waals surface area contributed by atoms with Gasteiger partial charge in [-0.2, -0.15) is 0 Å². The van der Waals surface area contributed by atoms with Crippen molar-refractivity contribution >= 4 is 5.91 Å². The maximum absolute atomic E-state index is 13.2. The van der Waals surface area contributed by atoms with Crippen LogP contribution in [0.2, 0.25) is 0 Å². The Balaban J connectivity index is 1.63. The van der Waals surface area contributed by atoms with Crippen LogP contribution in [0.15, 0.2) is 30.3 Å². The molecule has 0 aliphatic carbocycles. The number of aliphatic hydroxyl groups is 1. The van der Waals surface area contributed by atoms with Gasteiger partial charge < -0.3 is 24.2 Å². The number of hydrogen-bond donors (Lipinski definition) is 1. The molecule has 0 spiro atoms. The highest BCUT2D eigenvalue weighted by molar-refractivity contribution is 5.85. The first kappa shape index (κ1) is 23.2. The number of unbranched alkanes of at least 4 members (excludes halogenated alkanes) is 6. The van der Waals surface area contributed by atoms with Crippen LogP contribution in [-0.4, -0.2) is 52.8 Å². The minimum atomic E-state index is -1.49. The quantitative estimate of drug-likeness (QED) is 0.549. The molecule has 2 aliphatic rings. The largest absolute Gasteiger partial charge is 0.366 e. The van der Waals surface area contributed by atoms with Crippen molar-refractivity contribution in [3.63, 3.8) is 0 Å². The zero-order valence-electron chi connectivity index (χ0n) is 18.6. The van der Waals surface area contributed by atoms with E-state index in [1.165, 1.54) is 30.6 Å². The lowest BCUT2D eigenvalue weighted by atomic mass is 10.0. The van der Waals surface area contributed by atoms with Crippen LogP contribution >= 0.6 is 0 Å². The molecule has 2 heterocycles. The summed E-state index contributed by atoms with van der Waals surface area (Å²) in [5, 5.41) is 11.4. The number of likely N-dealkylation sites (tertiary alicyclic amines) is 1. The lowest BCUT2D eigenvalue weighted by Crippen LogP contribution is -2.63. The molecular weight excluding hydrogens is 382 g/mol. The fraction of sp³-hybridized carbons (Fsp3) is 0.708. The summed E-state index contributed by atoms with van der Waals surface area (Å²) in [6.45, 7) is 6.60. The van der Waals surface area contributed by atoms with Gasteiger partial charge in [-0.1, -0.05) is 75.8 Å². The van der Waals surface area contributed by atoms with Gasteiger partial charge >= 0.3 is 0 Å². The molecule has 0 saturated carbocycles. The molecule has 1 aromatic carbocycles. The zero-order valence-corrected chi connectivity index (χ0v) is 18.6. The van der Waals surface area contributed by atoms with Crippen LogP contribution in [0.25, 0.3) is 0 Å². The molecule has 168 valence electrons. The van der Waals surface area contributed by atoms with Crippen molar-refractivity contribution in [2.45, 2.75) is 96.0 Å². The molecule has 0 radical (unpaired) electrons. The summed E-state index contributed by atoms with van der Waals surface area (Å²) >= 11 is 0. The van der Waals surface area contributed by atoms with E-state index in [2.05, 4.69) is 6.92 Å². The Morgan fingerprint density at radius 2 is 1.77 bits per heavy atom. The van der Waals surface area contributed by atoms with Crippen molar-refractivity contribution in [3.05, 3.63) is 35.9 Å². The van der Waals surface area contributed by atoms with Gasteiger partial charge in [-0.05, 0) is 25.8 Å². The maximum Gasteiger partial charge on any atom is 0.257 e. The number of amides is 1. The number of nitrogens with zero attached hydrogens (tertiary/aromatic N) is 1. The Kier molecular flexibility index (Phi) is 7.91. The molecule has 1 amide bonds. The van der Waals surface area contributed by atoms with Gasteiger partial charge in [-0.3, -0.25) is 4.79 Å². The highest BCUT2D eigenvalue weighted by atomic mass is 16.7. The Hall–Kier alpha value is -1.47. The Labute approximate surface area is 180 Å². The van der Waals surface area contributed by atoms with Gasteiger partial charge in [0, 0.05) is 6.54 Å². The first-order chi connectivity index (χ1) is 14.4. The molecule has 1 N–H and O–H groups in total. The molecule has 0 aromatic heterocycles. The number of hydrogen-bond acceptors (Lipinski definition) is 5. The summed E-state index contributed by atoms with van der Waals surface area (Å²) in [6.07, 6.45) is 6.41. The van der Waals surface area contributed by atoms with E-state index in [0.29, 0.717) is 13.2 Å². The number of carbonyl (C=O) groups excluding carboxylic acids is 1. The summed E-state index contributed by atoms with van der Waals surface area (Å²) in [6, 6.07) is 9.73. The number of ether oxygens (including phenoxy) is 3. The fourth-order valence-corrected chi connectivity index (χ4v) is 4.26. The van der Waals surface area contributed by atoms with E-state index in [4.69, 9.17) is 14.2 Å². The van der Waals surface area contributed by atoms with Crippen LogP contribution in [-0.2, 0) is 25.6 Å². The van der Waals surface area contributed by atoms with Gasteiger partial charge in [-0.25, -0.2) is 0 Å². The molecule has 3 rings (SSSR count). The zero-order chi connectivity index (χ0) is 21.6. The minimum absolute atomic E-state index is 0.0259. The van der Waals surface area contributed by atoms with Crippen molar-refractivity contribution in [1.82, 2.24) is 4.90 Å². The first-order valence-electron chi connectivity index (χ1n) is 11.4. The van der Waals surface area contributed by atoms with Crippen molar-refractivity contribution in [1.29, 1.82) is 0 Å². The van der Waals surface area contributed by atoms with Crippen LogP contribution in [0, 0.1) is 0 Å². The van der Waals surface area contributed by atoms with Crippen molar-refractivity contribution < 1.29 is 24.1 Å². The second-order valence-corrected chi connectivity index (χ2v) is 8.93. The lowest BCUT2D eigenvalue weighted by molar-refractivity contribution is -0.356. The lowest BCUT2D eigenvalue weighted by Gasteiger charge is -2.45. The van der Waals surface area contributed by atoms with E-state index >= 15 is 0 Å². The number of fused-ring (bicyclic) bond motifs is 1. The van der Waals surface area contributed by atoms with Gasteiger partial charge in [0.05, 0.1) is 6.61 Å². The van der Waals surface area contributed by atoms with Gasteiger partial charge in [0.1, 0.15) is 12.7 Å². The Bertz CT molecular complexity index is 679. The second kappa shape index (κ2) is 10.2. The molecule has 1 aromatic rings. The molecule has 2 aliphatic heterocycles. The summed E-state index contributed by atoms with van der Waals surface area (Å²) in [5.74, 6) is -1.09. The average Bonchev–Trinajstić information content (AvgIpc) is 2.92. The van der Waals surface area contributed by atoms with E-state index in [1.54, 1.807) is 13.8 Å². The molecule has 0 bridgehead atoms. The van der Waals surface area contributed by atoms with Crippen molar-refractivity contribution in [2.24, 2.45) is 0 Å². The standard InChI is InChI=1S/C24H37NO5/c1-4-5-6-7-8-9-13-16-25-22(26)20(28-17-19-14-11-10-12-15-19)21-24(25,27)18-29-23(2,3)30-21/h10-12,14-15,20-21,27H,4-9,13,16-18H2,1-3H3/t20-,21-,24+/m0/s1. The number of benzene rings is 1. The number of carbonyl (C=O) groups is 1. The SMILES string of the molecule is CCCCCCCCCN1C(=O)[C@@H](OCc2ccccc2)[C@@H]2OC(C)(C)OC[C@@]21O. The molecule has 2 fully saturated rings. The molecule has 2 saturated heterocycles. The summed E-state index contributed by atoms with van der Waals surface area (Å²) in [5.41, 5.74) is -0.512. The minimum Gasteiger partial charge on any atom is -0.366 e. The van der Waals surface area contributed by atoms with E-state index in [-0.39, 0.29) is 12.5 Å². The molecule has 6 heteroatoms. The van der Waals surface area contributed by atoms with E-state index in [1.807, 2.05) is 30.3 Å². The van der Waals surface area contributed by atoms with Crippen LogP contribution in [0.1, 0.15) is 71.3 Å². The van der Waals surface area contributed by atoms with Crippen LogP contribution in [0.3, 0.4) is 0 Å². The Morgan fingerprint density at radius 3 is 2.47 bits per heavy atom. The van der Waals surface area contributed by atoms with Gasteiger partial charge in [0.15, 0.2) is 17.6 Å². The topological polar surface area (TPSA) is 68.2 Å². The van der Waals surface area contributed by atoms with E-state index < -0.39 is 23.7 Å². The van der Waals surface area contributed by atoms with Crippen molar-refractivity contribution in [2.75, 3.05) is 13.2 Å². The van der Waals surface area contributed by atoms with Crippen LogP contribution in [0.4, 0.5) is 0 Å². The van der Waals surface area contributed by atoms with Gasteiger partial charge in [0.25, 0.3) is 5.91 Å². The molecule has 30 heavy (non-hydrogen) atoms. The van der Waals surface area contributed by atoms with Crippen LogP contribution in [0.5, 0.6) is 0 Å². The third-order valence-corrected chi connectivity index (χ3v) is 6.01. The second-order valence-electron chi connectivity index (χ2n) is 8.93. The number of rotatable bonds is 11. The van der Waals surface area contributed by atoms with E-state index in [0.717, 1.165) is 24.8 Å². The summed E-state index contributed by atoms with van der Waals surface area (Å²) in [4.78, 5) is 14.7. The summed E-state index contributed by atoms with van der Waals surface area (Å²) < 4.78 is 17.7. The smallest absolute Gasteiger partial charge is 0.257 e. The maximum atomic E-state index is 13.2. The molecule has 0 unspecified atom stereocenters. The Morgan fingerprint density at radius 1 is 1.10 bits per heavy atom. The highest BCUT2D eigenvalue weighted by Crippen LogP contribution is 2.40. The van der Waals surface area contributed by atoms with Crippen molar-refractivity contribution in [3.8, 4) is 0 Å². The predicted octanol–water partition coefficient (Wildman–Crippen LogP) is 4.00. The summed E-state index contributed by atoms with van der Waals surface area (Å²) in [7, 11) is 0. The van der Waals surface area contributed by atoms with Crippen LogP contribution < -0.4 is 0 Å². The third-order valence-electron chi connectivity index (χ3n) is 6.01. The van der Waals surface area contributed by atoms with E-state index in [9.17, 15) is 9.90 Å². The highest BCUT2D eigenvalue weighted by Gasteiger charge is 2.63. The average molecular weight is 420 g/mol.